The maximum Gasteiger partial charge on any atom is 0.257 e. The monoisotopic (exact) mass is 231 g/mol. The summed E-state index contributed by atoms with van der Waals surface area (Å²) >= 11 is 0. The Kier molecular flexibility index (Phi) is 2.22. The zero-order valence-corrected chi connectivity index (χ0v) is 9.56. The molecule has 1 unspecified atom stereocenters. The Morgan fingerprint density at radius 2 is 2.29 bits per heavy atom. The summed E-state index contributed by atoms with van der Waals surface area (Å²) in [4.78, 5) is 24.5. The molecule has 3 rings (SSSR count). The first-order valence-electron chi connectivity index (χ1n) is 5.67. The molecule has 2 aliphatic heterocycles. The van der Waals surface area contributed by atoms with Gasteiger partial charge in [-0.1, -0.05) is 17.3 Å². The van der Waals surface area contributed by atoms with E-state index in [1.807, 2.05) is 12.1 Å². The first kappa shape index (κ1) is 10.4. The standard InChI is InChI=1S/C12H13N3O2/c1-15-5-4-8-7(6-15)2-3-9-10(8)13-12(16)11(9)14-17/h2-3,11H,4-6H2,1H3,(H,13,16). The van der Waals surface area contributed by atoms with E-state index in [1.165, 1.54) is 11.1 Å². The predicted molar refractivity (Wildman–Crippen MR) is 63.6 cm³/mol. The summed E-state index contributed by atoms with van der Waals surface area (Å²) in [5.74, 6) is -0.303. The number of hydrogen-bond acceptors (Lipinski definition) is 4. The minimum absolute atomic E-state index is 0.303. The van der Waals surface area contributed by atoms with Crippen LogP contribution >= 0.6 is 0 Å². The van der Waals surface area contributed by atoms with Gasteiger partial charge in [-0.2, -0.15) is 0 Å². The molecule has 5 heteroatoms. The van der Waals surface area contributed by atoms with Crippen molar-refractivity contribution in [2.45, 2.75) is 19.0 Å². The third-order valence-corrected chi connectivity index (χ3v) is 3.52. The fraction of sp³-hybridized carbons (Fsp3) is 0.417. The Labute approximate surface area is 98.8 Å². The lowest BCUT2D eigenvalue weighted by atomic mass is 9.94. The van der Waals surface area contributed by atoms with Gasteiger partial charge in [-0.3, -0.25) is 4.79 Å². The molecule has 1 N–H and O–H groups in total. The highest BCUT2D eigenvalue weighted by Crippen LogP contribution is 2.39. The predicted octanol–water partition coefficient (Wildman–Crippen LogP) is 1.43. The van der Waals surface area contributed by atoms with Crippen LogP contribution in [0.25, 0.3) is 0 Å². The van der Waals surface area contributed by atoms with E-state index in [2.05, 4.69) is 22.4 Å². The van der Waals surface area contributed by atoms with Crippen LogP contribution in [0.2, 0.25) is 0 Å². The number of nitrogens with one attached hydrogen (secondary N) is 1. The van der Waals surface area contributed by atoms with Gasteiger partial charge in [-0.15, -0.1) is 4.91 Å². The molecule has 1 atom stereocenters. The molecule has 1 aromatic carbocycles. The van der Waals surface area contributed by atoms with Crippen LogP contribution in [0, 0.1) is 4.91 Å². The molecule has 0 fully saturated rings. The van der Waals surface area contributed by atoms with Crippen LogP contribution in [0.5, 0.6) is 0 Å². The van der Waals surface area contributed by atoms with Crippen LogP contribution in [0.3, 0.4) is 0 Å². The number of benzene rings is 1. The average Bonchev–Trinajstić information content (AvgIpc) is 2.64. The van der Waals surface area contributed by atoms with Gasteiger partial charge >= 0.3 is 0 Å². The SMILES string of the molecule is CN1CCc2c(ccc3c2NC(=O)C3N=O)C1. The summed E-state index contributed by atoms with van der Waals surface area (Å²) in [6.07, 6.45) is 0.904. The van der Waals surface area contributed by atoms with E-state index in [1.54, 1.807) is 0 Å². The van der Waals surface area contributed by atoms with Gasteiger partial charge < -0.3 is 10.2 Å². The van der Waals surface area contributed by atoms with Gasteiger partial charge in [-0.05, 0) is 24.6 Å². The van der Waals surface area contributed by atoms with Crippen LogP contribution in [0.4, 0.5) is 5.69 Å². The smallest absolute Gasteiger partial charge is 0.257 e. The van der Waals surface area contributed by atoms with Crippen molar-refractivity contribution in [3.8, 4) is 0 Å². The molecular weight excluding hydrogens is 218 g/mol. The van der Waals surface area contributed by atoms with Crippen LogP contribution in [-0.2, 0) is 17.8 Å². The number of amides is 1. The number of hydrogen-bond donors (Lipinski definition) is 1. The number of nitroso groups, excluding NO2 is 1. The van der Waals surface area contributed by atoms with Gasteiger partial charge in [0.25, 0.3) is 5.91 Å². The van der Waals surface area contributed by atoms with E-state index in [9.17, 15) is 9.70 Å². The van der Waals surface area contributed by atoms with Crippen molar-refractivity contribution >= 4 is 11.6 Å². The van der Waals surface area contributed by atoms with E-state index in [0.717, 1.165) is 30.8 Å². The molecule has 5 nitrogen and oxygen atoms in total. The van der Waals surface area contributed by atoms with Crippen LogP contribution in [0.1, 0.15) is 22.7 Å². The third-order valence-electron chi connectivity index (χ3n) is 3.52. The average molecular weight is 231 g/mol. The second-order valence-corrected chi connectivity index (χ2v) is 4.65. The van der Waals surface area contributed by atoms with Gasteiger partial charge in [0.1, 0.15) is 0 Å². The van der Waals surface area contributed by atoms with Gasteiger partial charge in [0, 0.05) is 18.7 Å². The van der Waals surface area contributed by atoms with Gasteiger partial charge in [0.2, 0.25) is 0 Å². The number of likely N-dealkylation sites (N-methyl/N-ethyl adjacent to an activating group) is 1. The zero-order valence-electron chi connectivity index (χ0n) is 9.56. The fourth-order valence-corrected chi connectivity index (χ4v) is 2.63. The molecule has 2 aliphatic rings. The lowest BCUT2D eigenvalue weighted by Crippen LogP contribution is -2.27. The molecule has 1 aromatic rings. The molecule has 0 saturated carbocycles. The second kappa shape index (κ2) is 3.63. The van der Waals surface area contributed by atoms with Crippen LogP contribution < -0.4 is 5.32 Å². The van der Waals surface area contributed by atoms with Gasteiger partial charge in [0.15, 0.2) is 6.04 Å². The second-order valence-electron chi connectivity index (χ2n) is 4.65. The molecular formula is C12H13N3O2. The van der Waals surface area contributed by atoms with Crippen molar-refractivity contribution in [1.82, 2.24) is 4.90 Å². The lowest BCUT2D eigenvalue weighted by molar-refractivity contribution is -0.116. The summed E-state index contributed by atoms with van der Waals surface area (Å²) in [7, 11) is 2.07. The normalized spacial score (nSPS) is 22.9. The zero-order chi connectivity index (χ0) is 12.0. The Hall–Kier alpha value is -1.75. The van der Waals surface area contributed by atoms with Crippen molar-refractivity contribution in [3.05, 3.63) is 33.7 Å². The minimum atomic E-state index is -0.866. The Bertz CT molecular complexity index is 513. The molecule has 17 heavy (non-hydrogen) atoms. The Balaban J connectivity index is 2.12. The summed E-state index contributed by atoms with van der Waals surface area (Å²) in [6, 6.07) is 2.98. The molecule has 1 amide bonds. The maximum absolute atomic E-state index is 11.6. The number of fused-ring (bicyclic) bond motifs is 3. The van der Waals surface area contributed by atoms with Gasteiger partial charge in [0.05, 0.1) is 5.69 Å². The van der Waals surface area contributed by atoms with Crippen LogP contribution in [-0.4, -0.2) is 24.4 Å². The van der Waals surface area contributed by atoms with E-state index in [4.69, 9.17) is 0 Å². The fourth-order valence-electron chi connectivity index (χ4n) is 2.63. The molecule has 0 bridgehead atoms. The highest BCUT2D eigenvalue weighted by Gasteiger charge is 2.34. The van der Waals surface area contributed by atoms with Crippen LogP contribution in [0.15, 0.2) is 17.3 Å². The maximum atomic E-state index is 11.6. The van der Waals surface area contributed by atoms with Gasteiger partial charge in [-0.25, -0.2) is 0 Å². The van der Waals surface area contributed by atoms with Crippen molar-refractivity contribution in [3.63, 3.8) is 0 Å². The van der Waals surface area contributed by atoms with E-state index in [-0.39, 0.29) is 5.91 Å². The molecule has 0 saturated heterocycles. The van der Waals surface area contributed by atoms with Crippen molar-refractivity contribution in [2.75, 3.05) is 18.9 Å². The highest BCUT2D eigenvalue weighted by atomic mass is 16.3. The number of carbonyl (C=O) groups is 1. The summed E-state index contributed by atoms with van der Waals surface area (Å²) in [5.41, 5.74) is 3.95. The number of carbonyl (C=O) groups excluding carboxylic acids is 1. The first-order chi connectivity index (χ1) is 8.20. The lowest BCUT2D eigenvalue weighted by Gasteiger charge is -2.26. The summed E-state index contributed by atoms with van der Waals surface area (Å²) in [5, 5.41) is 5.69. The first-order valence-corrected chi connectivity index (χ1v) is 5.67. The quantitative estimate of drug-likeness (QED) is 0.744. The van der Waals surface area contributed by atoms with Crippen molar-refractivity contribution in [2.24, 2.45) is 5.18 Å². The number of rotatable bonds is 1. The summed E-state index contributed by atoms with van der Waals surface area (Å²) in [6.45, 7) is 1.86. The summed E-state index contributed by atoms with van der Waals surface area (Å²) < 4.78 is 0. The highest BCUT2D eigenvalue weighted by molar-refractivity contribution is 6.03. The largest absolute Gasteiger partial charge is 0.323 e. The molecule has 88 valence electrons. The molecule has 0 aliphatic carbocycles. The Morgan fingerprint density at radius 3 is 3.06 bits per heavy atom. The topological polar surface area (TPSA) is 61.8 Å². The molecule has 0 spiro atoms. The van der Waals surface area contributed by atoms with E-state index in [0.29, 0.717) is 0 Å². The number of nitrogens with zero attached hydrogens (tertiary/aromatic N) is 2. The molecule has 2 heterocycles. The third kappa shape index (κ3) is 1.46. The molecule has 0 aromatic heterocycles. The van der Waals surface area contributed by atoms with Crippen molar-refractivity contribution < 1.29 is 4.79 Å². The van der Waals surface area contributed by atoms with Crippen molar-refractivity contribution in [1.29, 1.82) is 0 Å². The number of anilines is 1. The van der Waals surface area contributed by atoms with E-state index < -0.39 is 6.04 Å². The minimum Gasteiger partial charge on any atom is -0.323 e. The van der Waals surface area contributed by atoms with E-state index >= 15 is 0 Å². The Morgan fingerprint density at radius 1 is 1.47 bits per heavy atom. The molecule has 0 radical (unpaired) electrons.